The number of nitrogens with one attached hydrogen (secondary N) is 1. The van der Waals surface area contributed by atoms with Crippen LogP contribution in [0.5, 0.6) is 0 Å². The van der Waals surface area contributed by atoms with E-state index in [-0.39, 0.29) is 11.5 Å². The molecule has 0 aliphatic carbocycles. The molecule has 7 nitrogen and oxygen atoms in total. The minimum Gasteiger partial charge on any atom is -0.478 e. The summed E-state index contributed by atoms with van der Waals surface area (Å²) >= 11 is 5.86. The van der Waals surface area contributed by atoms with Gasteiger partial charge in [0.25, 0.3) is 5.91 Å². The normalized spacial score (nSPS) is 14.7. The quantitative estimate of drug-likeness (QED) is 0.665. The molecule has 30 heavy (non-hydrogen) atoms. The van der Waals surface area contributed by atoms with Crippen LogP contribution in [0.25, 0.3) is 10.9 Å². The molecule has 1 aliphatic heterocycles. The molecule has 0 unspecified atom stereocenters. The maximum atomic E-state index is 12.5. The van der Waals surface area contributed by atoms with Gasteiger partial charge < -0.3 is 20.2 Å². The van der Waals surface area contributed by atoms with Gasteiger partial charge in [0.05, 0.1) is 11.1 Å². The molecule has 4 rings (SSSR count). The zero-order valence-electron chi connectivity index (χ0n) is 16.4. The number of anilines is 2. The molecule has 2 N–H and O–H groups in total. The molecule has 1 fully saturated rings. The van der Waals surface area contributed by atoms with Crippen molar-refractivity contribution in [2.24, 2.45) is 0 Å². The van der Waals surface area contributed by atoms with Gasteiger partial charge in [-0.2, -0.15) is 0 Å². The van der Waals surface area contributed by atoms with E-state index < -0.39 is 5.97 Å². The van der Waals surface area contributed by atoms with Crippen molar-refractivity contribution in [2.75, 3.05) is 43.4 Å². The summed E-state index contributed by atoms with van der Waals surface area (Å²) in [6.45, 7) is 3.39. The van der Waals surface area contributed by atoms with Gasteiger partial charge in [0.1, 0.15) is 5.82 Å². The number of aromatic nitrogens is 1. The van der Waals surface area contributed by atoms with Crippen molar-refractivity contribution >= 4 is 45.9 Å². The highest BCUT2D eigenvalue weighted by atomic mass is 35.5. The molecule has 154 valence electrons. The van der Waals surface area contributed by atoms with Gasteiger partial charge in [0, 0.05) is 47.8 Å². The molecule has 1 aliphatic rings. The van der Waals surface area contributed by atoms with Crippen LogP contribution in [0.2, 0.25) is 5.02 Å². The number of carboxylic acids is 1. The summed E-state index contributed by atoms with van der Waals surface area (Å²) in [5, 5.41) is 13.6. The molecule has 8 heteroatoms. The fraction of sp³-hybridized carbons (Fsp3) is 0.227. The standard InChI is InChI=1S/C22H21ClN4O3/c1-26-8-10-27(11-9-26)20-13-18(22(29)30)17-12-16(6-7-19(17)25-20)24-21(28)14-2-4-15(23)5-3-14/h2-7,12-13H,8-11H2,1H3,(H,24,28)(H,29,30). The highest BCUT2D eigenvalue weighted by Crippen LogP contribution is 2.27. The van der Waals surface area contributed by atoms with E-state index in [9.17, 15) is 14.7 Å². The molecule has 3 aromatic rings. The molecule has 0 atom stereocenters. The first-order valence-corrected chi connectivity index (χ1v) is 9.97. The first kappa shape index (κ1) is 20.1. The number of likely N-dealkylation sites (N-methyl/N-ethyl adjacent to an activating group) is 1. The van der Waals surface area contributed by atoms with Gasteiger partial charge in [-0.3, -0.25) is 4.79 Å². The molecule has 1 aromatic heterocycles. The van der Waals surface area contributed by atoms with E-state index in [1.165, 1.54) is 0 Å². The van der Waals surface area contributed by atoms with Crippen LogP contribution in [0.4, 0.5) is 11.5 Å². The first-order valence-electron chi connectivity index (χ1n) is 9.59. The number of rotatable bonds is 4. The number of hydrogen-bond acceptors (Lipinski definition) is 5. The topological polar surface area (TPSA) is 85.8 Å². The van der Waals surface area contributed by atoms with E-state index >= 15 is 0 Å². The van der Waals surface area contributed by atoms with E-state index in [0.29, 0.717) is 33.0 Å². The van der Waals surface area contributed by atoms with Gasteiger partial charge >= 0.3 is 5.97 Å². The van der Waals surface area contributed by atoms with E-state index in [1.807, 2.05) is 0 Å². The molecule has 0 bridgehead atoms. The van der Waals surface area contributed by atoms with Gasteiger partial charge in [-0.1, -0.05) is 11.6 Å². The highest BCUT2D eigenvalue weighted by molar-refractivity contribution is 6.30. The van der Waals surface area contributed by atoms with Crippen LogP contribution in [0.3, 0.4) is 0 Å². The van der Waals surface area contributed by atoms with E-state index in [0.717, 1.165) is 26.2 Å². The minimum absolute atomic E-state index is 0.163. The summed E-state index contributed by atoms with van der Waals surface area (Å²) in [6.07, 6.45) is 0. The van der Waals surface area contributed by atoms with Gasteiger partial charge in [-0.15, -0.1) is 0 Å². The first-order chi connectivity index (χ1) is 14.4. The Labute approximate surface area is 178 Å². The van der Waals surface area contributed by atoms with Crippen LogP contribution in [-0.4, -0.2) is 60.1 Å². The van der Waals surface area contributed by atoms with Crippen molar-refractivity contribution in [3.63, 3.8) is 0 Å². The number of aromatic carboxylic acids is 1. The van der Waals surface area contributed by atoms with Gasteiger partial charge in [-0.05, 0) is 55.6 Å². The zero-order valence-corrected chi connectivity index (χ0v) is 17.2. The molecular weight excluding hydrogens is 404 g/mol. The van der Waals surface area contributed by atoms with Crippen molar-refractivity contribution in [1.29, 1.82) is 0 Å². The number of pyridine rings is 1. The fourth-order valence-electron chi connectivity index (χ4n) is 3.47. The molecule has 2 heterocycles. The summed E-state index contributed by atoms with van der Waals surface area (Å²) < 4.78 is 0. The third-order valence-electron chi connectivity index (χ3n) is 5.22. The van der Waals surface area contributed by atoms with Gasteiger partial charge in [-0.25, -0.2) is 9.78 Å². The summed E-state index contributed by atoms with van der Waals surface area (Å²) in [6, 6.07) is 13.3. The fourth-order valence-corrected chi connectivity index (χ4v) is 3.59. The Bertz CT molecular complexity index is 1110. The third-order valence-corrected chi connectivity index (χ3v) is 5.47. The molecule has 0 saturated carbocycles. The van der Waals surface area contributed by atoms with Crippen LogP contribution < -0.4 is 10.2 Å². The smallest absolute Gasteiger partial charge is 0.336 e. The number of carbonyl (C=O) groups is 2. The van der Waals surface area contributed by atoms with Crippen molar-refractivity contribution in [1.82, 2.24) is 9.88 Å². The summed E-state index contributed by atoms with van der Waals surface area (Å²) in [7, 11) is 2.06. The second kappa shape index (κ2) is 8.30. The van der Waals surface area contributed by atoms with Crippen molar-refractivity contribution in [3.8, 4) is 0 Å². The summed E-state index contributed by atoms with van der Waals surface area (Å²) in [5.41, 5.74) is 1.70. The molecule has 1 saturated heterocycles. The molecule has 2 aromatic carbocycles. The summed E-state index contributed by atoms with van der Waals surface area (Å²) in [4.78, 5) is 33.4. The number of carbonyl (C=O) groups excluding carboxylic acids is 1. The van der Waals surface area contributed by atoms with Crippen molar-refractivity contribution in [2.45, 2.75) is 0 Å². The zero-order chi connectivity index (χ0) is 21.3. The van der Waals surface area contributed by atoms with Crippen LogP contribution in [0.15, 0.2) is 48.5 Å². The van der Waals surface area contributed by atoms with E-state index in [4.69, 9.17) is 11.6 Å². The monoisotopic (exact) mass is 424 g/mol. The number of fused-ring (bicyclic) bond motifs is 1. The predicted molar refractivity (Wildman–Crippen MR) is 118 cm³/mol. The van der Waals surface area contributed by atoms with Crippen molar-refractivity contribution < 1.29 is 14.7 Å². The third kappa shape index (κ3) is 4.22. The van der Waals surface area contributed by atoms with Crippen molar-refractivity contribution in [3.05, 3.63) is 64.7 Å². The number of nitrogens with zero attached hydrogens (tertiary/aromatic N) is 3. The maximum Gasteiger partial charge on any atom is 0.336 e. The summed E-state index contributed by atoms with van der Waals surface area (Å²) in [5.74, 6) is -0.671. The average molecular weight is 425 g/mol. The maximum absolute atomic E-state index is 12.5. The molecular formula is C22H21ClN4O3. The lowest BCUT2D eigenvalue weighted by molar-refractivity contribution is 0.0698. The van der Waals surface area contributed by atoms with Gasteiger partial charge in [0.15, 0.2) is 0 Å². The predicted octanol–water partition coefficient (Wildman–Crippen LogP) is 3.59. The Morgan fingerprint density at radius 2 is 1.73 bits per heavy atom. The Hall–Kier alpha value is -3.16. The molecule has 0 spiro atoms. The number of benzene rings is 2. The SMILES string of the molecule is CN1CCN(c2cc(C(=O)O)c3cc(NC(=O)c4ccc(Cl)cc4)ccc3n2)CC1. The molecule has 0 radical (unpaired) electrons. The van der Waals surface area contributed by atoms with Crippen LogP contribution in [0, 0.1) is 0 Å². The molecule has 1 amide bonds. The number of carboxylic acid groups (broad SMARTS) is 1. The Balaban J connectivity index is 1.65. The number of halogens is 1. The van der Waals surface area contributed by atoms with E-state index in [1.54, 1.807) is 48.5 Å². The number of piperazine rings is 1. The number of amides is 1. The highest BCUT2D eigenvalue weighted by Gasteiger charge is 2.19. The number of hydrogen-bond donors (Lipinski definition) is 2. The van der Waals surface area contributed by atoms with Crippen LogP contribution in [-0.2, 0) is 0 Å². The second-order valence-electron chi connectivity index (χ2n) is 7.32. The minimum atomic E-state index is -1.03. The van der Waals surface area contributed by atoms with Crippen LogP contribution in [0.1, 0.15) is 20.7 Å². The Morgan fingerprint density at radius 1 is 1.03 bits per heavy atom. The van der Waals surface area contributed by atoms with Gasteiger partial charge in [0.2, 0.25) is 0 Å². The lowest BCUT2D eigenvalue weighted by Gasteiger charge is -2.33. The second-order valence-corrected chi connectivity index (χ2v) is 7.75. The van der Waals surface area contributed by atoms with E-state index in [2.05, 4.69) is 27.1 Å². The van der Waals surface area contributed by atoms with Crippen LogP contribution >= 0.6 is 11.6 Å². The largest absolute Gasteiger partial charge is 0.478 e. The average Bonchev–Trinajstić information content (AvgIpc) is 2.74. The Morgan fingerprint density at radius 3 is 2.40 bits per heavy atom. The lowest BCUT2D eigenvalue weighted by atomic mass is 10.1. The Kier molecular flexibility index (Phi) is 5.57. The lowest BCUT2D eigenvalue weighted by Crippen LogP contribution is -2.44.